The maximum Gasteiger partial charge on any atom is 0.316 e. The SMILES string of the molecule is CCCCCC(CCCC)C(=O)OC(=O)CC. The molecule has 0 aromatic carbocycles. The molecule has 0 spiro atoms. The Morgan fingerprint density at radius 3 is 2.06 bits per heavy atom. The minimum absolute atomic E-state index is 0.0861. The van der Waals surface area contributed by atoms with Crippen molar-refractivity contribution in [2.45, 2.75) is 72.1 Å². The number of hydrogen-bond acceptors (Lipinski definition) is 3. The van der Waals surface area contributed by atoms with Gasteiger partial charge in [0.1, 0.15) is 0 Å². The first-order chi connectivity index (χ1) is 8.15. The monoisotopic (exact) mass is 242 g/mol. The van der Waals surface area contributed by atoms with Crippen molar-refractivity contribution in [3.8, 4) is 0 Å². The summed E-state index contributed by atoms with van der Waals surface area (Å²) in [5.41, 5.74) is 0. The van der Waals surface area contributed by atoms with Crippen molar-refractivity contribution in [3.05, 3.63) is 0 Å². The van der Waals surface area contributed by atoms with Crippen LogP contribution in [0.2, 0.25) is 0 Å². The Balaban J connectivity index is 4.13. The van der Waals surface area contributed by atoms with E-state index in [-0.39, 0.29) is 18.3 Å². The second-order valence-corrected chi connectivity index (χ2v) is 4.48. The average Bonchev–Trinajstić information content (AvgIpc) is 2.33. The standard InChI is InChI=1S/C14H26O3/c1-4-7-9-11-12(10-8-5-2)14(16)17-13(15)6-3/h12H,4-11H2,1-3H3. The van der Waals surface area contributed by atoms with Crippen molar-refractivity contribution in [3.63, 3.8) is 0 Å². The van der Waals surface area contributed by atoms with Crippen molar-refractivity contribution in [1.82, 2.24) is 0 Å². The van der Waals surface area contributed by atoms with E-state index < -0.39 is 5.97 Å². The molecule has 17 heavy (non-hydrogen) atoms. The molecular formula is C14H26O3. The van der Waals surface area contributed by atoms with Crippen LogP contribution < -0.4 is 0 Å². The molecule has 0 aliphatic rings. The van der Waals surface area contributed by atoms with Gasteiger partial charge in [-0.05, 0) is 12.8 Å². The zero-order valence-corrected chi connectivity index (χ0v) is 11.5. The molecule has 0 bridgehead atoms. The molecule has 0 saturated carbocycles. The Morgan fingerprint density at radius 2 is 1.53 bits per heavy atom. The van der Waals surface area contributed by atoms with Crippen LogP contribution in [-0.4, -0.2) is 11.9 Å². The molecular weight excluding hydrogens is 216 g/mol. The van der Waals surface area contributed by atoms with Crippen LogP contribution in [0.3, 0.4) is 0 Å². The maximum atomic E-state index is 11.8. The van der Waals surface area contributed by atoms with Gasteiger partial charge >= 0.3 is 11.9 Å². The highest BCUT2D eigenvalue weighted by atomic mass is 16.6. The van der Waals surface area contributed by atoms with E-state index in [2.05, 4.69) is 13.8 Å². The summed E-state index contributed by atoms with van der Waals surface area (Å²) in [5, 5.41) is 0. The van der Waals surface area contributed by atoms with E-state index in [9.17, 15) is 9.59 Å². The van der Waals surface area contributed by atoms with Gasteiger partial charge in [-0.3, -0.25) is 9.59 Å². The van der Waals surface area contributed by atoms with E-state index in [4.69, 9.17) is 4.74 Å². The fourth-order valence-electron chi connectivity index (χ4n) is 1.74. The first kappa shape index (κ1) is 16.1. The van der Waals surface area contributed by atoms with Crippen LogP contribution in [0.5, 0.6) is 0 Å². The zero-order valence-electron chi connectivity index (χ0n) is 11.5. The van der Waals surface area contributed by atoms with Crippen LogP contribution in [0.15, 0.2) is 0 Å². The Morgan fingerprint density at radius 1 is 0.941 bits per heavy atom. The molecule has 0 aromatic rings. The van der Waals surface area contributed by atoms with E-state index in [0.717, 1.165) is 44.9 Å². The number of rotatable bonds is 9. The van der Waals surface area contributed by atoms with Crippen molar-refractivity contribution in [1.29, 1.82) is 0 Å². The molecule has 0 rings (SSSR count). The lowest BCUT2D eigenvalue weighted by Gasteiger charge is -2.14. The summed E-state index contributed by atoms with van der Waals surface area (Å²) in [4.78, 5) is 22.9. The quantitative estimate of drug-likeness (QED) is 0.350. The molecule has 1 atom stereocenters. The van der Waals surface area contributed by atoms with Crippen LogP contribution in [0.25, 0.3) is 0 Å². The van der Waals surface area contributed by atoms with Crippen molar-refractivity contribution in [2.75, 3.05) is 0 Å². The summed E-state index contributed by atoms with van der Waals surface area (Å²) in [5.74, 6) is -0.814. The lowest BCUT2D eigenvalue weighted by Crippen LogP contribution is -2.21. The molecule has 0 N–H and O–H groups in total. The van der Waals surface area contributed by atoms with Gasteiger partial charge in [-0.25, -0.2) is 0 Å². The van der Waals surface area contributed by atoms with E-state index in [0.29, 0.717) is 0 Å². The van der Waals surface area contributed by atoms with E-state index in [1.807, 2.05) is 0 Å². The number of carbonyl (C=O) groups excluding carboxylic acids is 2. The summed E-state index contributed by atoms with van der Waals surface area (Å²) in [6.07, 6.45) is 7.37. The van der Waals surface area contributed by atoms with Crippen molar-refractivity contribution >= 4 is 11.9 Å². The van der Waals surface area contributed by atoms with Gasteiger partial charge in [0, 0.05) is 6.42 Å². The number of carbonyl (C=O) groups is 2. The third-order valence-electron chi connectivity index (χ3n) is 2.90. The van der Waals surface area contributed by atoms with Crippen molar-refractivity contribution < 1.29 is 14.3 Å². The van der Waals surface area contributed by atoms with E-state index >= 15 is 0 Å². The third-order valence-corrected chi connectivity index (χ3v) is 2.90. The first-order valence-corrected chi connectivity index (χ1v) is 6.90. The number of ether oxygens (including phenoxy) is 1. The molecule has 100 valence electrons. The Kier molecular flexibility index (Phi) is 9.78. The van der Waals surface area contributed by atoms with E-state index in [1.165, 1.54) is 0 Å². The first-order valence-electron chi connectivity index (χ1n) is 6.90. The predicted octanol–water partition coefficient (Wildman–Crippen LogP) is 3.85. The third kappa shape index (κ3) is 7.94. The van der Waals surface area contributed by atoms with Gasteiger partial charge < -0.3 is 4.74 Å². The van der Waals surface area contributed by atoms with Crippen LogP contribution in [0.1, 0.15) is 72.1 Å². The number of unbranched alkanes of at least 4 members (excludes halogenated alkanes) is 3. The Hall–Kier alpha value is -0.860. The van der Waals surface area contributed by atoms with Crippen molar-refractivity contribution in [2.24, 2.45) is 5.92 Å². The number of hydrogen-bond donors (Lipinski definition) is 0. The molecule has 0 fully saturated rings. The minimum atomic E-state index is -0.410. The molecule has 0 amide bonds. The molecule has 0 saturated heterocycles. The number of esters is 2. The summed E-state index contributed by atoms with van der Waals surface area (Å²) in [6, 6.07) is 0. The normalized spacial score (nSPS) is 12.2. The van der Waals surface area contributed by atoms with Gasteiger partial charge in [-0.2, -0.15) is 0 Å². The van der Waals surface area contributed by atoms with Crippen LogP contribution in [-0.2, 0) is 14.3 Å². The molecule has 0 aromatic heterocycles. The second kappa shape index (κ2) is 10.3. The highest BCUT2D eigenvalue weighted by Gasteiger charge is 2.21. The average molecular weight is 242 g/mol. The lowest BCUT2D eigenvalue weighted by atomic mass is 9.95. The van der Waals surface area contributed by atoms with Gasteiger partial charge in [0.25, 0.3) is 0 Å². The molecule has 0 radical (unpaired) electrons. The largest absolute Gasteiger partial charge is 0.393 e. The summed E-state index contributed by atoms with van der Waals surface area (Å²) in [6.45, 7) is 5.94. The predicted molar refractivity (Wildman–Crippen MR) is 68.5 cm³/mol. The maximum absolute atomic E-state index is 11.8. The fraction of sp³-hybridized carbons (Fsp3) is 0.857. The van der Waals surface area contributed by atoms with Gasteiger partial charge in [0.05, 0.1) is 5.92 Å². The highest BCUT2D eigenvalue weighted by molar-refractivity contribution is 5.86. The Labute approximate surface area is 105 Å². The molecule has 3 heteroatoms. The summed E-state index contributed by atoms with van der Waals surface area (Å²) >= 11 is 0. The van der Waals surface area contributed by atoms with Gasteiger partial charge in [0.15, 0.2) is 0 Å². The highest BCUT2D eigenvalue weighted by Crippen LogP contribution is 2.18. The van der Waals surface area contributed by atoms with Crippen LogP contribution in [0.4, 0.5) is 0 Å². The fourth-order valence-corrected chi connectivity index (χ4v) is 1.74. The zero-order chi connectivity index (χ0) is 13.1. The van der Waals surface area contributed by atoms with Crippen LogP contribution in [0, 0.1) is 5.92 Å². The summed E-state index contributed by atoms with van der Waals surface area (Å²) in [7, 11) is 0. The molecule has 0 aliphatic carbocycles. The van der Waals surface area contributed by atoms with Gasteiger partial charge in [-0.15, -0.1) is 0 Å². The van der Waals surface area contributed by atoms with Crippen LogP contribution >= 0.6 is 0 Å². The Bertz CT molecular complexity index is 224. The second-order valence-electron chi connectivity index (χ2n) is 4.48. The molecule has 0 aliphatic heterocycles. The smallest absolute Gasteiger partial charge is 0.316 e. The molecule has 3 nitrogen and oxygen atoms in total. The molecule has 1 unspecified atom stereocenters. The minimum Gasteiger partial charge on any atom is -0.393 e. The van der Waals surface area contributed by atoms with Gasteiger partial charge in [-0.1, -0.05) is 52.9 Å². The lowest BCUT2D eigenvalue weighted by molar-refractivity contribution is -0.162. The topological polar surface area (TPSA) is 43.4 Å². The van der Waals surface area contributed by atoms with Gasteiger partial charge in [0.2, 0.25) is 0 Å². The summed E-state index contributed by atoms with van der Waals surface area (Å²) < 4.78 is 4.81. The van der Waals surface area contributed by atoms with E-state index in [1.54, 1.807) is 6.92 Å². The molecule has 0 heterocycles.